The molecule has 21 heteroatoms. The summed E-state index contributed by atoms with van der Waals surface area (Å²) >= 11 is 10.6. The molecule has 0 saturated carbocycles. The minimum Gasteiger partial charge on any atom is -0.481 e. The van der Waals surface area contributed by atoms with Crippen LogP contribution in [0.25, 0.3) is 0 Å². The van der Waals surface area contributed by atoms with Gasteiger partial charge in [-0.25, -0.2) is 0 Å². The number of nitrogens with zero attached hydrogens (tertiary/aromatic N) is 3. The van der Waals surface area contributed by atoms with Gasteiger partial charge in [-0.3, -0.25) is 9.59 Å². The Balaban J connectivity index is -0.00000114. The fraction of sp³-hybridized carbons (Fsp3) is 0.731. The van der Waals surface area contributed by atoms with E-state index in [4.69, 9.17) is 55.9 Å². The van der Waals surface area contributed by atoms with Gasteiger partial charge < -0.3 is 74.0 Å². The fourth-order valence-electron chi connectivity index (χ4n) is 6.55. The van der Waals surface area contributed by atoms with E-state index in [1.807, 2.05) is 49.5 Å². The number of hydrogen-bond acceptors (Lipinski definition) is 17. The number of aliphatic carboxylic acids is 1. The highest BCUT2D eigenvalue weighted by atomic mass is 32.8. The van der Waals surface area contributed by atoms with Crippen molar-refractivity contribution in [2.75, 3.05) is 156 Å². The van der Waals surface area contributed by atoms with Crippen LogP contribution in [0, 0.1) is 0 Å². The Bertz CT molecular complexity index is 1740. The highest BCUT2D eigenvalue weighted by Crippen LogP contribution is 2.23. The lowest BCUT2D eigenvalue weighted by atomic mass is 10.1. The first-order valence-electron chi connectivity index (χ1n) is 24.0. The van der Waals surface area contributed by atoms with Crippen LogP contribution in [-0.4, -0.2) is 198 Å². The minimum atomic E-state index is -0.834. The van der Waals surface area contributed by atoms with Gasteiger partial charge in [0.1, 0.15) is 0 Å². The molecule has 0 fully saturated rings. The van der Waals surface area contributed by atoms with Crippen LogP contribution in [0.5, 0.6) is 0 Å². The van der Waals surface area contributed by atoms with Crippen LogP contribution in [0.1, 0.15) is 90.5 Å². The Hall–Kier alpha value is -2.32. The molecule has 0 aliphatic heterocycles. The number of aliphatic hydroxyl groups is 4. The summed E-state index contributed by atoms with van der Waals surface area (Å²) in [6.07, 6.45) is 5.81. The van der Waals surface area contributed by atoms with E-state index in [1.165, 1.54) is 0 Å². The molecule has 2 atom stereocenters. The highest BCUT2D eigenvalue weighted by Gasteiger charge is 2.24. The second kappa shape index (κ2) is 44.8. The van der Waals surface area contributed by atoms with E-state index in [-0.39, 0.29) is 82.0 Å². The molecule has 0 aliphatic carbocycles. The van der Waals surface area contributed by atoms with Gasteiger partial charge in [-0.1, -0.05) is 49.4 Å². The molecule has 0 bridgehead atoms. The van der Waals surface area contributed by atoms with Crippen molar-refractivity contribution < 1.29 is 63.5 Å². The van der Waals surface area contributed by atoms with E-state index in [9.17, 15) is 30.0 Å². The van der Waals surface area contributed by atoms with Crippen molar-refractivity contribution in [3.8, 4) is 0 Å². The number of hydrogen-bond donors (Lipinski definition) is 6. The summed E-state index contributed by atoms with van der Waals surface area (Å²) in [7, 11) is 6.94. The zero-order chi connectivity index (χ0) is 53.7. The Labute approximate surface area is 454 Å². The monoisotopic (exact) mass is 1110 g/mol. The molecule has 0 aliphatic rings. The van der Waals surface area contributed by atoms with Crippen LogP contribution in [0.15, 0.2) is 36.4 Å². The molecule has 0 aromatic heterocycles. The maximum absolute atomic E-state index is 12.7. The summed E-state index contributed by atoms with van der Waals surface area (Å²) in [5, 5.41) is 50.1. The van der Waals surface area contributed by atoms with Crippen molar-refractivity contribution in [2.45, 2.75) is 104 Å². The van der Waals surface area contributed by atoms with Gasteiger partial charge in [0.15, 0.2) is 0 Å². The number of rotatable bonds is 38. The molecule has 428 valence electrons. The number of benzene rings is 2. The third kappa shape index (κ3) is 35.6. The molecule has 17 nitrogen and oxygen atoms in total. The third-order valence-corrected chi connectivity index (χ3v) is 17.1. The smallest absolute Gasteiger partial charge is 0.303 e. The van der Waals surface area contributed by atoms with E-state index in [1.54, 1.807) is 31.3 Å². The first-order chi connectivity index (χ1) is 33.7. The zero-order valence-corrected chi connectivity index (χ0v) is 47.7. The predicted molar refractivity (Wildman–Crippen MR) is 309 cm³/mol. The summed E-state index contributed by atoms with van der Waals surface area (Å²) in [6, 6.07) is 11.0. The zero-order valence-electron chi connectivity index (χ0n) is 44.4. The summed E-state index contributed by atoms with van der Waals surface area (Å²) in [4.78, 5) is 29.4. The van der Waals surface area contributed by atoms with E-state index in [0.717, 1.165) is 29.0 Å². The molecule has 2 aromatic carbocycles. The quantitative estimate of drug-likeness (QED) is 0.0495. The van der Waals surface area contributed by atoms with Crippen LogP contribution in [0.3, 0.4) is 0 Å². The summed E-state index contributed by atoms with van der Waals surface area (Å²) in [5.74, 6) is -0.734. The SMILES string of the molecule is C.C.CNCC(C)(C)S(C)=S.COCCOCCOCCN(CCCC(=O)N(C)CC(C)(C)S(C)=S)c1cc(CO)cc(CO)c1.COCCOCCOCCN(CCCC(=O)O)c1cc(CO)cc(CO)c1. The summed E-state index contributed by atoms with van der Waals surface area (Å²) < 4.78 is 32.1. The van der Waals surface area contributed by atoms with Crippen molar-refractivity contribution in [1.82, 2.24) is 10.2 Å². The van der Waals surface area contributed by atoms with Gasteiger partial charge in [-0.2, -0.15) is 0 Å². The average Bonchev–Trinajstić information content (AvgIpc) is 3.33. The number of carbonyl (C=O) groups excluding carboxylic acids is 1. The summed E-state index contributed by atoms with van der Waals surface area (Å²) in [6.45, 7) is 17.2. The van der Waals surface area contributed by atoms with Gasteiger partial charge in [0.25, 0.3) is 0 Å². The first-order valence-corrected chi connectivity index (χ1v) is 29.1. The van der Waals surface area contributed by atoms with Gasteiger partial charge in [0.2, 0.25) is 5.91 Å². The average molecular weight is 1120 g/mol. The number of carbonyl (C=O) groups is 2. The molecule has 0 heterocycles. The molecule has 0 saturated heterocycles. The lowest BCUT2D eigenvalue weighted by Crippen LogP contribution is -2.42. The summed E-state index contributed by atoms with van der Waals surface area (Å²) in [5.41, 5.74) is 4.60. The van der Waals surface area contributed by atoms with Gasteiger partial charge in [-0.15, -0.1) is 18.9 Å². The second-order valence-corrected chi connectivity index (χ2v) is 24.9. The minimum absolute atomic E-state index is 0. The van der Waals surface area contributed by atoms with Gasteiger partial charge in [-0.05, 0) is 107 Å². The van der Waals surface area contributed by atoms with Gasteiger partial charge in [0.05, 0.1) is 92.5 Å². The Morgan fingerprint density at radius 3 is 1.22 bits per heavy atom. The molecule has 2 unspecified atom stereocenters. The molecule has 0 radical (unpaired) electrons. The normalized spacial score (nSPS) is 12.0. The third-order valence-electron chi connectivity index (χ3n) is 11.0. The van der Waals surface area contributed by atoms with Gasteiger partial charge in [0, 0.05) is 94.2 Å². The van der Waals surface area contributed by atoms with E-state index in [2.05, 4.69) is 44.2 Å². The number of amides is 1. The molecular weight excluding hydrogens is 1020 g/mol. The molecule has 0 spiro atoms. The molecule has 2 aromatic rings. The lowest BCUT2D eigenvalue weighted by Gasteiger charge is -2.31. The lowest BCUT2D eigenvalue weighted by molar-refractivity contribution is -0.137. The van der Waals surface area contributed by atoms with Crippen LogP contribution in [-0.2, 0) is 106 Å². The fourth-order valence-corrected chi connectivity index (χ4v) is 7.60. The predicted octanol–water partition coefficient (Wildman–Crippen LogP) is 4.87. The topological polar surface area (TPSA) is 212 Å². The van der Waals surface area contributed by atoms with Crippen LogP contribution >= 0.6 is 0 Å². The number of carboxylic acid groups (broad SMARTS) is 1. The number of nitrogens with one attached hydrogen (secondary N) is 1. The van der Waals surface area contributed by atoms with Crippen LogP contribution in [0.4, 0.5) is 11.4 Å². The van der Waals surface area contributed by atoms with Crippen molar-refractivity contribution in [3.63, 3.8) is 0 Å². The number of ether oxygens (including phenoxy) is 6. The largest absolute Gasteiger partial charge is 0.481 e. The maximum atomic E-state index is 12.7. The van der Waals surface area contributed by atoms with E-state index < -0.39 is 5.97 Å². The maximum Gasteiger partial charge on any atom is 0.303 e. The van der Waals surface area contributed by atoms with Crippen LogP contribution < -0.4 is 15.1 Å². The van der Waals surface area contributed by atoms with E-state index >= 15 is 0 Å². The number of carboxylic acids is 1. The number of aliphatic hydroxyl groups excluding tert-OH is 4. The molecular formula is C52H98N4O13S4. The Morgan fingerprint density at radius 2 is 0.918 bits per heavy atom. The molecule has 1 amide bonds. The van der Waals surface area contributed by atoms with Crippen molar-refractivity contribution in [1.29, 1.82) is 0 Å². The number of methoxy groups -OCH3 is 2. The van der Waals surface area contributed by atoms with Gasteiger partial charge >= 0.3 is 5.97 Å². The Morgan fingerprint density at radius 1 is 0.575 bits per heavy atom. The van der Waals surface area contributed by atoms with Crippen molar-refractivity contribution >= 4 is 64.5 Å². The first kappa shape index (κ1) is 74.9. The standard InChI is InChI=1S/C25H44N2O6S2.C19H31NO7.C6H15NS2.2CH4/c1-25(2,35(5)34)20-26(3)24(30)7-6-8-27(9-10-32-13-14-33-12-11-31-4)23-16-21(18-28)15-22(17-23)19-29;1-25-7-8-27-10-9-26-6-5-20(4-2-3-19(23)24)18-12-16(14-21)11-17(13-18)15-22;1-6(2,5-7-3)9(4)8;;/h15-17,28-29H,6-14,18-20H2,1-5H3;11-13,21-22H,2-10,14-15H2,1H3,(H,23,24);7H,5H2,1-4H3;2*1H4. The molecule has 6 N–H and O–H groups in total. The molecule has 73 heavy (non-hydrogen) atoms. The highest BCUT2D eigenvalue weighted by molar-refractivity contribution is 8.29. The van der Waals surface area contributed by atoms with Crippen molar-refractivity contribution in [2.24, 2.45) is 0 Å². The van der Waals surface area contributed by atoms with E-state index in [0.29, 0.717) is 129 Å². The number of anilines is 2. The van der Waals surface area contributed by atoms with Crippen molar-refractivity contribution in [3.05, 3.63) is 58.7 Å². The second-order valence-electron chi connectivity index (χ2n) is 17.9. The Kier molecular flexibility index (Phi) is 45.9. The molecule has 2 rings (SSSR count). The van der Waals surface area contributed by atoms with Crippen LogP contribution in [0.2, 0.25) is 0 Å².